The van der Waals surface area contributed by atoms with E-state index in [1.165, 1.54) is 12.1 Å². The third-order valence-corrected chi connectivity index (χ3v) is 3.99. The lowest BCUT2D eigenvalue weighted by atomic mass is 10.1. The molecule has 0 spiro atoms. The highest BCUT2D eigenvalue weighted by molar-refractivity contribution is 14.0. The van der Waals surface area contributed by atoms with E-state index in [1.54, 1.807) is 12.1 Å². The van der Waals surface area contributed by atoms with Crippen LogP contribution in [0.4, 0.5) is 13.2 Å². The van der Waals surface area contributed by atoms with Gasteiger partial charge in [-0.2, -0.15) is 13.2 Å². The average molecular weight is 501 g/mol. The van der Waals surface area contributed by atoms with Gasteiger partial charge in [-0.15, -0.1) is 24.0 Å². The number of halogens is 4. The zero-order valence-corrected chi connectivity index (χ0v) is 17.9. The lowest BCUT2D eigenvalue weighted by molar-refractivity contribution is -0.153. The number of rotatable bonds is 7. The van der Waals surface area contributed by atoms with Crippen LogP contribution in [0.5, 0.6) is 5.75 Å². The SMILES string of the molecule is CCNC(=NCc1ccc(OCC(F)(F)F)cc1)N(C)CC1CCOC1.I. The number of ether oxygens (including phenoxy) is 2. The number of hydrogen-bond acceptors (Lipinski definition) is 3. The summed E-state index contributed by atoms with van der Waals surface area (Å²) in [7, 11) is 1.99. The molecule has 27 heavy (non-hydrogen) atoms. The number of hydrogen-bond donors (Lipinski definition) is 1. The highest BCUT2D eigenvalue weighted by atomic mass is 127. The fraction of sp³-hybridized carbons (Fsp3) is 0.611. The normalized spacial score (nSPS) is 17.4. The molecule has 0 saturated carbocycles. The van der Waals surface area contributed by atoms with E-state index >= 15 is 0 Å². The van der Waals surface area contributed by atoms with Gasteiger partial charge < -0.3 is 19.7 Å². The first-order valence-corrected chi connectivity index (χ1v) is 8.73. The number of benzene rings is 1. The Morgan fingerprint density at radius 2 is 2.04 bits per heavy atom. The van der Waals surface area contributed by atoms with Gasteiger partial charge in [-0.3, -0.25) is 0 Å². The molecule has 2 rings (SSSR count). The van der Waals surface area contributed by atoms with Crippen molar-refractivity contribution in [3.05, 3.63) is 29.8 Å². The Bertz CT molecular complexity index is 576. The van der Waals surface area contributed by atoms with Crippen LogP contribution in [0.3, 0.4) is 0 Å². The number of nitrogens with zero attached hydrogens (tertiary/aromatic N) is 2. The Labute approximate surface area is 175 Å². The lowest BCUT2D eigenvalue weighted by Gasteiger charge is -2.24. The molecule has 1 heterocycles. The summed E-state index contributed by atoms with van der Waals surface area (Å²) >= 11 is 0. The van der Waals surface area contributed by atoms with Gasteiger partial charge in [0.25, 0.3) is 0 Å². The van der Waals surface area contributed by atoms with E-state index in [1.807, 2.05) is 14.0 Å². The predicted octanol–water partition coefficient (Wildman–Crippen LogP) is 3.68. The fourth-order valence-electron chi connectivity index (χ4n) is 2.69. The molecule has 0 aliphatic carbocycles. The maximum atomic E-state index is 12.2. The minimum Gasteiger partial charge on any atom is -0.484 e. The monoisotopic (exact) mass is 501 g/mol. The minimum absolute atomic E-state index is 0. The molecule has 5 nitrogen and oxygen atoms in total. The van der Waals surface area contributed by atoms with Crippen LogP contribution in [0.25, 0.3) is 0 Å². The maximum Gasteiger partial charge on any atom is 0.422 e. The van der Waals surface area contributed by atoms with Crippen molar-refractivity contribution >= 4 is 29.9 Å². The smallest absolute Gasteiger partial charge is 0.422 e. The second-order valence-corrected chi connectivity index (χ2v) is 6.33. The van der Waals surface area contributed by atoms with Crippen molar-refractivity contribution in [3.8, 4) is 5.75 Å². The van der Waals surface area contributed by atoms with Crippen LogP contribution in [0, 0.1) is 5.92 Å². The number of aliphatic imine (C=N–C) groups is 1. The van der Waals surface area contributed by atoms with E-state index < -0.39 is 12.8 Å². The zero-order chi connectivity index (χ0) is 19.0. The summed E-state index contributed by atoms with van der Waals surface area (Å²) in [5.41, 5.74) is 0.900. The van der Waals surface area contributed by atoms with Crippen molar-refractivity contribution in [1.82, 2.24) is 10.2 Å². The van der Waals surface area contributed by atoms with Gasteiger partial charge >= 0.3 is 6.18 Å². The second kappa shape index (κ2) is 11.6. The van der Waals surface area contributed by atoms with Crippen molar-refractivity contribution in [2.24, 2.45) is 10.9 Å². The molecule has 1 atom stereocenters. The van der Waals surface area contributed by atoms with E-state index in [4.69, 9.17) is 9.47 Å². The largest absolute Gasteiger partial charge is 0.484 e. The first-order valence-electron chi connectivity index (χ1n) is 8.73. The summed E-state index contributed by atoms with van der Waals surface area (Å²) < 4.78 is 46.6. The summed E-state index contributed by atoms with van der Waals surface area (Å²) in [4.78, 5) is 6.70. The Balaban J connectivity index is 0.00000364. The number of alkyl halides is 3. The summed E-state index contributed by atoms with van der Waals surface area (Å²) in [6, 6.07) is 6.51. The first-order chi connectivity index (χ1) is 12.4. The number of nitrogens with one attached hydrogen (secondary N) is 1. The molecule has 154 valence electrons. The van der Waals surface area contributed by atoms with E-state index in [0.29, 0.717) is 12.5 Å². The molecular formula is C18H27F3IN3O2. The van der Waals surface area contributed by atoms with Crippen LogP contribution in [0.1, 0.15) is 18.9 Å². The minimum atomic E-state index is -4.33. The molecule has 1 aliphatic rings. The van der Waals surface area contributed by atoms with Crippen molar-refractivity contribution in [1.29, 1.82) is 0 Å². The highest BCUT2D eigenvalue weighted by Gasteiger charge is 2.28. The van der Waals surface area contributed by atoms with Gasteiger partial charge in [0.05, 0.1) is 13.2 Å². The zero-order valence-electron chi connectivity index (χ0n) is 15.6. The van der Waals surface area contributed by atoms with Crippen molar-refractivity contribution in [2.45, 2.75) is 26.1 Å². The van der Waals surface area contributed by atoms with Gasteiger partial charge in [-0.05, 0) is 31.0 Å². The highest BCUT2D eigenvalue weighted by Crippen LogP contribution is 2.19. The molecule has 0 amide bonds. The number of guanidine groups is 1. The molecule has 1 saturated heterocycles. The van der Waals surface area contributed by atoms with Crippen molar-refractivity contribution in [3.63, 3.8) is 0 Å². The van der Waals surface area contributed by atoms with E-state index in [9.17, 15) is 13.2 Å². The predicted molar refractivity (Wildman–Crippen MR) is 110 cm³/mol. The molecule has 0 radical (unpaired) electrons. The van der Waals surface area contributed by atoms with Crippen LogP contribution in [-0.4, -0.2) is 57.0 Å². The van der Waals surface area contributed by atoms with Crippen LogP contribution in [0.15, 0.2) is 29.3 Å². The van der Waals surface area contributed by atoms with Crippen molar-refractivity contribution in [2.75, 3.05) is 40.0 Å². The Hall–Kier alpha value is -1.23. The molecule has 1 aliphatic heterocycles. The average Bonchev–Trinajstić information content (AvgIpc) is 3.10. The van der Waals surface area contributed by atoms with Gasteiger partial charge in [0.2, 0.25) is 0 Å². The van der Waals surface area contributed by atoms with Crippen molar-refractivity contribution < 1.29 is 22.6 Å². The van der Waals surface area contributed by atoms with E-state index in [0.717, 1.165) is 44.2 Å². The topological polar surface area (TPSA) is 46.1 Å². The Morgan fingerprint density at radius 1 is 1.33 bits per heavy atom. The first kappa shape index (κ1) is 23.8. The van der Waals surface area contributed by atoms with Crippen LogP contribution >= 0.6 is 24.0 Å². The Kier molecular flexibility index (Phi) is 10.2. The molecular weight excluding hydrogens is 474 g/mol. The third kappa shape index (κ3) is 9.00. The molecule has 9 heteroatoms. The standard InChI is InChI=1S/C18H26F3N3O2.HI/c1-3-22-17(24(2)11-15-8-9-25-12-15)23-10-14-4-6-16(7-5-14)26-13-18(19,20)21;/h4-7,15H,3,8-13H2,1-2H3,(H,22,23);1H. The van der Waals surface area contributed by atoms with Crippen LogP contribution in [-0.2, 0) is 11.3 Å². The quantitative estimate of drug-likeness (QED) is 0.352. The molecule has 1 fully saturated rings. The Morgan fingerprint density at radius 3 is 2.59 bits per heavy atom. The second-order valence-electron chi connectivity index (χ2n) is 6.33. The lowest BCUT2D eigenvalue weighted by Crippen LogP contribution is -2.41. The molecule has 1 aromatic rings. The fourth-order valence-corrected chi connectivity index (χ4v) is 2.69. The van der Waals surface area contributed by atoms with Crippen LogP contribution < -0.4 is 10.1 Å². The molecule has 1 aromatic carbocycles. The molecule has 1 N–H and O–H groups in total. The molecule has 0 bridgehead atoms. The molecule has 0 aromatic heterocycles. The molecule has 1 unspecified atom stereocenters. The summed E-state index contributed by atoms with van der Waals surface area (Å²) in [5.74, 6) is 1.51. The van der Waals surface area contributed by atoms with Gasteiger partial charge in [0, 0.05) is 32.7 Å². The third-order valence-electron chi connectivity index (χ3n) is 3.99. The van der Waals surface area contributed by atoms with Gasteiger partial charge in [0.15, 0.2) is 12.6 Å². The van der Waals surface area contributed by atoms with Crippen LogP contribution in [0.2, 0.25) is 0 Å². The summed E-state index contributed by atoms with van der Waals surface area (Å²) in [5, 5.41) is 3.26. The summed E-state index contributed by atoms with van der Waals surface area (Å²) in [6.45, 7) is 4.38. The van der Waals surface area contributed by atoms with Gasteiger partial charge in [0.1, 0.15) is 5.75 Å². The van der Waals surface area contributed by atoms with E-state index in [2.05, 4.69) is 15.2 Å². The van der Waals surface area contributed by atoms with Gasteiger partial charge in [-0.1, -0.05) is 12.1 Å². The van der Waals surface area contributed by atoms with E-state index in [-0.39, 0.29) is 29.7 Å². The maximum absolute atomic E-state index is 12.2. The summed E-state index contributed by atoms with van der Waals surface area (Å²) in [6.07, 6.45) is -3.28. The van der Waals surface area contributed by atoms with Gasteiger partial charge in [-0.25, -0.2) is 4.99 Å².